The molecule has 0 aliphatic rings. The van der Waals surface area contributed by atoms with Crippen LogP contribution in [0.2, 0.25) is 0 Å². The van der Waals surface area contributed by atoms with E-state index in [2.05, 4.69) is 37.5 Å². The van der Waals surface area contributed by atoms with Gasteiger partial charge in [0.05, 0.1) is 18.3 Å². The zero-order valence-corrected chi connectivity index (χ0v) is 15.3. The Balaban J connectivity index is 1.69. The number of amides is 1. The zero-order valence-electron chi connectivity index (χ0n) is 15.3. The first-order valence-corrected chi connectivity index (χ1v) is 8.43. The molecule has 1 aromatic carbocycles. The van der Waals surface area contributed by atoms with Crippen LogP contribution in [0.4, 0.5) is 23.4 Å². The van der Waals surface area contributed by atoms with Gasteiger partial charge in [0.25, 0.3) is 5.91 Å². The average molecular weight is 421 g/mol. The Morgan fingerprint density at radius 2 is 1.97 bits per heavy atom. The average Bonchev–Trinajstić information content (AvgIpc) is 3.20. The Labute approximate surface area is 167 Å². The molecule has 3 rings (SSSR count). The van der Waals surface area contributed by atoms with Crippen LogP contribution < -0.4 is 10.9 Å². The Morgan fingerprint density at radius 3 is 2.63 bits per heavy atom. The van der Waals surface area contributed by atoms with Crippen LogP contribution in [0.25, 0.3) is 11.4 Å². The third kappa shape index (κ3) is 5.16. The van der Waals surface area contributed by atoms with Gasteiger partial charge in [-0.1, -0.05) is 6.58 Å². The van der Waals surface area contributed by atoms with Crippen molar-refractivity contribution in [3.8, 4) is 11.4 Å². The number of carbonyl (C=O) groups is 1. The highest BCUT2D eigenvalue weighted by atomic mass is 19.4. The van der Waals surface area contributed by atoms with Crippen molar-refractivity contribution in [1.29, 1.82) is 0 Å². The van der Waals surface area contributed by atoms with Gasteiger partial charge in [-0.2, -0.15) is 18.3 Å². The number of nitrogens with zero attached hydrogens (tertiary/aromatic N) is 5. The van der Waals surface area contributed by atoms with Gasteiger partial charge in [-0.15, -0.1) is 0 Å². The third-order valence-electron chi connectivity index (χ3n) is 3.81. The first-order valence-electron chi connectivity index (χ1n) is 8.43. The van der Waals surface area contributed by atoms with Gasteiger partial charge < -0.3 is 0 Å². The fraction of sp³-hybridized carbons (Fsp3) is 0.167. The summed E-state index contributed by atoms with van der Waals surface area (Å²) in [5.41, 5.74) is 3.89. The number of rotatable bonds is 7. The number of hydrogen-bond acceptors (Lipinski definition) is 6. The number of aromatic nitrogens is 5. The molecule has 30 heavy (non-hydrogen) atoms. The van der Waals surface area contributed by atoms with Crippen LogP contribution >= 0.6 is 0 Å². The highest BCUT2D eigenvalue weighted by molar-refractivity contribution is 5.93. The number of benzene rings is 1. The normalized spacial score (nSPS) is 11.2. The Morgan fingerprint density at radius 1 is 1.17 bits per heavy atom. The summed E-state index contributed by atoms with van der Waals surface area (Å²) in [6.45, 7) is 2.51. The minimum Gasteiger partial charge on any atom is -0.280 e. The molecule has 0 spiro atoms. The number of alkyl halides is 4. The second kappa shape index (κ2) is 8.68. The van der Waals surface area contributed by atoms with Crippen molar-refractivity contribution in [3.63, 3.8) is 0 Å². The SMILES string of the molecule is C=C(Cn1cnc(-c2cc(CF)cc(C(F)(F)F)c2)n1)C(=O)NNc1cnccn1. The summed E-state index contributed by atoms with van der Waals surface area (Å²) < 4.78 is 53.3. The lowest BCUT2D eigenvalue weighted by atomic mass is 10.1. The van der Waals surface area contributed by atoms with Crippen LogP contribution in [0.1, 0.15) is 11.1 Å². The molecule has 0 atom stereocenters. The van der Waals surface area contributed by atoms with Crippen molar-refractivity contribution in [2.75, 3.05) is 5.43 Å². The molecule has 12 heteroatoms. The van der Waals surface area contributed by atoms with Crippen molar-refractivity contribution in [2.24, 2.45) is 0 Å². The lowest BCUT2D eigenvalue weighted by Gasteiger charge is -2.10. The maximum atomic E-state index is 13.0. The number of hydrazine groups is 1. The molecule has 0 unspecified atom stereocenters. The molecule has 0 radical (unpaired) electrons. The summed E-state index contributed by atoms with van der Waals surface area (Å²) in [5, 5.41) is 4.05. The molecule has 2 aromatic heterocycles. The van der Waals surface area contributed by atoms with Gasteiger partial charge in [0.1, 0.15) is 13.0 Å². The van der Waals surface area contributed by atoms with Gasteiger partial charge in [0.15, 0.2) is 11.6 Å². The van der Waals surface area contributed by atoms with E-state index < -0.39 is 24.3 Å². The van der Waals surface area contributed by atoms with Crippen LogP contribution in [0.15, 0.2) is 55.3 Å². The highest BCUT2D eigenvalue weighted by Gasteiger charge is 2.31. The van der Waals surface area contributed by atoms with Crippen LogP contribution in [-0.4, -0.2) is 30.6 Å². The molecule has 8 nitrogen and oxygen atoms in total. The lowest BCUT2D eigenvalue weighted by Crippen LogP contribution is -2.32. The molecular weight excluding hydrogens is 406 g/mol. The van der Waals surface area contributed by atoms with Crippen LogP contribution in [-0.2, 0) is 24.2 Å². The Hall–Kier alpha value is -3.83. The van der Waals surface area contributed by atoms with Gasteiger partial charge in [-0.25, -0.2) is 19.0 Å². The van der Waals surface area contributed by atoms with E-state index in [0.717, 1.165) is 12.1 Å². The van der Waals surface area contributed by atoms with E-state index in [1.54, 1.807) is 0 Å². The summed E-state index contributed by atoms with van der Waals surface area (Å²) in [6, 6.07) is 2.81. The molecule has 0 saturated heterocycles. The summed E-state index contributed by atoms with van der Waals surface area (Å²) in [6.07, 6.45) is 0.898. The van der Waals surface area contributed by atoms with E-state index >= 15 is 0 Å². The van der Waals surface area contributed by atoms with Gasteiger partial charge in [-0.3, -0.25) is 20.6 Å². The minimum absolute atomic E-state index is 0.00982. The second-order valence-electron chi connectivity index (χ2n) is 6.09. The summed E-state index contributed by atoms with van der Waals surface area (Å²) >= 11 is 0. The number of anilines is 1. The fourth-order valence-corrected chi connectivity index (χ4v) is 2.41. The predicted octanol–water partition coefficient (Wildman–Crippen LogP) is 2.92. The van der Waals surface area contributed by atoms with Crippen molar-refractivity contribution in [2.45, 2.75) is 19.4 Å². The first kappa shape index (κ1) is 20.9. The van der Waals surface area contributed by atoms with Gasteiger partial charge in [0.2, 0.25) is 0 Å². The Kier molecular flexibility index (Phi) is 6.04. The largest absolute Gasteiger partial charge is 0.416 e. The van der Waals surface area contributed by atoms with Crippen molar-refractivity contribution in [3.05, 3.63) is 66.4 Å². The zero-order chi connectivity index (χ0) is 21.7. The molecule has 156 valence electrons. The van der Waals surface area contributed by atoms with Crippen molar-refractivity contribution < 1.29 is 22.4 Å². The topological polar surface area (TPSA) is 97.6 Å². The summed E-state index contributed by atoms with van der Waals surface area (Å²) in [7, 11) is 0. The number of halogens is 4. The van der Waals surface area contributed by atoms with E-state index in [-0.39, 0.29) is 29.1 Å². The molecule has 0 fully saturated rings. The minimum atomic E-state index is -4.63. The van der Waals surface area contributed by atoms with Crippen LogP contribution in [0.3, 0.4) is 0 Å². The molecule has 0 bridgehead atoms. The predicted molar refractivity (Wildman–Crippen MR) is 98.2 cm³/mol. The van der Waals surface area contributed by atoms with E-state index in [1.165, 1.54) is 35.7 Å². The number of nitrogens with one attached hydrogen (secondary N) is 2. The molecule has 0 saturated carbocycles. The maximum absolute atomic E-state index is 13.0. The van der Waals surface area contributed by atoms with Crippen molar-refractivity contribution in [1.82, 2.24) is 30.2 Å². The van der Waals surface area contributed by atoms with E-state index in [9.17, 15) is 22.4 Å². The van der Waals surface area contributed by atoms with Gasteiger partial charge in [-0.05, 0) is 23.8 Å². The summed E-state index contributed by atoms with van der Waals surface area (Å²) in [4.78, 5) is 23.8. The van der Waals surface area contributed by atoms with Crippen LogP contribution in [0.5, 0.6) is 0 Å². The molecule has 3 aromatic rings. The molecule has 2 N–H and O–H groups in total. The Bertz CT molecular complexity index is 1050. The standard InChI is InChI=1S/C18H15F4N7O/c1-11(17(30)27-26-15-8-23-2-3-24-15)9-29-10-25-16(28-29)13-4-12(7-19)5-14(6-13)18(20,21)22/h2-6,8,10H,1,7,9H2,(H,24,26)(H,27,30). The number of carbonyl (C=O) groups excluding carboxylic acids is 1. The summed E-state index contributed by atoms with van der Waals surface area (Å²) in [5.74, 6) is -0.284. The highest BCUT2D eigenvalue weighted by Crippen LogP contribution is 2.33. The molecule has 0 aliphatic heterocycles. The van der Waals surface area contributed by atoms with Crippen LogP contribution in [0, 0.1) is 0 Å². The van der Waals surface area contributed by atoms with Gasteiger partial charge >= 0.3 is 6.18 Å². The smallest absolute Gasteiger partial charge is 0.280 e. The first-order chi connectivity index (χ1) is 14.3. The van der Waals surface area contributed by atoms with E-state index in [4.69, 9.17) is 0 Å². The van der Waals surface area contributed by atoms with Crippen molar-refractivity contribution >= 4 is 11.7 Å². The molecular formula is C18H15F4N7O. The van der Waals surface area contributed by atoms with Gasteiger partial charge in [0, 0.05) is 23.5 Å². The lowest BCUT2D eigenvalue weighted by molar-refractivity contribution is -0.137. The fourth-order valence-electron chi connectivity index (χ4n) is 2.41. The van der Waals surface area contributed by atoms with E-state index in [1.807, 2.05) is 0 Å². The second-order valence-corrected chi connectivity index (χ2v) is 6.09. The number of hydrogen-bond donors (Lipinski definition) is 2. The molecule has 0 aliphatic carbocycles. The quantitative estimate of drug-likeness (QED) is 0.346. The third-order valence-corrected chi connectivity index (χ3v) is 3.81. The maximum Gasteiger partial charge on any atom is 0.416 e. The monoisotopic (exact) mass is 421 g/mol. The molecule has 1 amide bonds. The molecule has 2 heterocycles. The van der Waals surface area contributed by atoms with E-state index in [0.29, 0.717) is 5.82 Å².